The summed E-state index contributed by atoms with van der Waals surface area (Å²) in [6.45, 7) is 12.2. The van der Waals surface area contributed by atoms with E-state index >= 15 is 0 Å². The number of aliphatic hydroxyl groups excluding tert-OH is 1. The van der Waals surface area contributed by atoms with E-state index in [-0.39, 0.29) is 30.8 Å². The van der Waals surface area contributed by atoms with Crippen molar-refractivity contribution in [2.24, 2.45) is 22.7 Å². The van der Waals surface area contributed by atoms with Crippen molar-refractivity contribution in [1.82, 2.24) is 0 Å². The van der Waals surface area contributed by atoms with Crippen molar-refractivity contribution in [2.75, 3.05) is 6.61 Å². The lowest BCUT2D eigenvalue weighted by molar-refractivity contribution is -0.256. The summed E-state index contributed by atoms with van der Waals surface area (Å²) in [7, 11) is 0. The van der Waals surface area contributed by atoms with E-state index in [0.29, 0.717) is 5.57 Å². The summed E-state index contributed by atoms with van der Waals surface area (Å²) in [5.41, 5.74) is -5.91. The minimum Gasteiger partial charge on any atom is -0.462 e. The smallest absolute Gasteiger partial charge is 0.338 e. The molecule has 3 aliphatic carbocycles. The second kappa shape index (κ2) is 13.4. The number of aliphatic hydroxyl groups is 1. The average molecular weight is 715 g/mol. The monoisotopic (exact) mass is 714 g/mol. The zero-order valence-corrected chi connectivity index (χ0v) is 30.3. The first kappa shape index (κ1) is 37.9. The van der Waals surface area contributed by atoms with Gasteiger partial charge in [0.1, 0.15) is 35.8 Å². The molecule has 0 bridgehead atoms. The standard InChI is InChI=1S/C37H46O14/c1-18-25(46-19(2)38)16-36(34(7,8)51-33(44)24-13-11-10-12-14-24)28(18)29(48-21(4)40)31(49-22(5)41)35(9)27(47-20(3)39)15-26(43)37(50-23(6)42)17-45-32(36)30(35)37/h10-14,26-32,43H,15-17H2,1-9H3. The molecule has 1 aliphatic heterocycles. The Morgan fingerprint density at radius 1 is 0.863 bits per heavy atom. The van der Waals surface area contributed by atoms with E-state index in [1.165, 1.54) is 34.6 Å². The summed E-state index contributed by atoms with van der Waals surface area (Å²) >= 11 is 0. The molecular formula is C37H46O14. The normalized spacial score (nSPS) is 35.4. The summed E-state index contributed by atoms with van der Waals surface area (Å²) in [6.07, 6.45) is -7.10. The maximum atomic E-state index is 13.9. The fourth-order valence-electron chi connectivity index (χ4n) is 9.58. The first-order chi connectivity index (χ1) is 23.7. The Morgan fingerprint density at radius 3 is 2.02 bits per heavy atom. The lowest BCUT2D eigenvalue weighted by Crippen LogP contribution is -2.70. The van der Waals surface area contributed by atoms with Crippen molar-refractivity contribution in [3.05, 3.63) is 47.2 Å². The van der Waals surface area contributed by atoms with E-state index in [9.17, 15) is 33.9 Å². The van der Waals surface area contributed by atoms with Crippen molar-refractivity contribution in [3.63, 3.8) is 0 Å². The molecule has 51 heavy (non-hydrogen) atoms. The van der Waals surface area contributed by atoms with Gasteiger partial charge in [0.25, 0.3) is 0 Å². The summed E-state index contributed by atoms with van der Waals surface area (Å²) in [5.74, 6) is -6.40. The minimum absolute atomic E-state index is 0.134. The summed E-state index contributed by atoms with van der Waals surface area (Å²) in [5, 5.41) is 11.9. The quantitative estimate of drug-likeness (QED) is 0.305. The molecule has 10 unspecified atom stereocenters. The van der Waals surface area contributed by atoms with Gasteiger partial charge in [-0.3, -0.25) is 24.0 Å². The topological polar surface area (TPSA) is 187 Å². The third-order valence-corrected chi connectivity index (χ3v) is 11.3. The number of fused-ring (bicyclic) bond motifs is 2. The fraction of sp³-hybridized carbons (Fsp3) is 0.622. The second-order valence-corrected chi connectivity index (χ2v) is 14.7. The van der Waals surface area contributed by atoms with E-state index in [4.69, 9.17) is 33.2 Å². The number of allylic oxidation sites excluding steroid dienone is 1. The van der Waals surface area contributed by atoms with Crippen molar-refractivity contribution in [3.8, 4) is 0 Å². The van der Waals surface area contributed by atoms with Gasteiger partial charge in [-0.1, -0.05) is 25.1 Å². The molecule has 2 saturated carbocycles. The maximum Gasteiger partial charge on any atom is 0.338 e. The summed E-state index contributed by atoms with van der Waals surface area (Å²) in [6, 6.07) is 8.25. The van der Waals surface area contributed by atoms with Crippen LogP contribution in [0.1, 0.15) is 85.5 Å². The Labute approximate surface area is 296 Å². The van der Waals surface area contributed by atoms with Crippen LogP contribution < -0.4 is 0 Å². The molecule has 1 heterocycles. The summed E-state index contributed by atoms with van der Waals surface area (Å²) in [4.78, 5) is 78.2. The van der Waals surface area contributed by atoms with Gasteiger partial charge in [-0.05, 0) is 38.5 Å². The Morgan fingerprint density at radius 2 is 1.47 bits per heavy atom. The van der Waals surface area contributed by atoms with Crippen LogP contribution in [-0.2, 0) is 57.1 Å². The first-order valence-corrected chi connectivity index (χ1v) is 16.9. The number of ether oxygens (including phenoxy) is 7. The van der Waals surface area contributed by atoms with Crippen LogP contribution in [0.15, 0.2) is 41.7 Å². The molecule has 1 N–H and O–H groups in total. The fourth-order valence-corrected chi connectivity index (χ4v) is 9.58. The first-order valence-electron chi connectivity index (χ1n) is 16.9. The van der Waals surface area contributed by atoms with Crippen molar-refractivity contribution in [2.45, 2.75) is 117 Å². The maximum absolute atomic E-state index is 13.9. The van der Waals surface area contributed by atoms with Gasteiger partial charge in [0, 0.05) is 59.3 Å². The van der Waals surface area contributed by atoms with Gasteiger partial charge in [-0.25, -0.2) is 4.79 Å². The van der Waals surface area contributed by atoms with Crippen LogP contribution in [0.2, 0.25) is 0 Å². The van der Waals surface area contributed by atoms with Crippen LogP contribution in [0.25, 0.3) is 0 Å². The third-order valence-electron chi connectivity index (χ3n) is 11.3. The predicted molar refractivity (Wildman–Crippen MR) is 174 cm³/mol. The van der Waals surface area contributed by atoms with Crippen LogP contribution >= 0.6 is 0 Å². The molecule has 1 saturated heterocycles. The number of esters is 6. The van der Waals surface area contributed by atoms with Gasteiger partial charge < -0.3 is 38.3 Å². The molecule has 14 nitrogen and oxygen atoms in total. The van der Waals surface area contributed by atoms with Gasteiger partial charge in [-0.2, -0.15) is 0 Å². The van der Waals surface area contributed by atoms with Gasteiger partial charge >= 0.3 is 35.8 Å². The number of carbonyl (C=O) groups is 6. The molecule has 0 spiro atoms. The van der Waals surface area contributed by atoms with Crippen LogP contribution in [0.5, 0.6) is 0 Å². The van der Waals surface area contributed by atoms with E-state index < -0.39 is 100 Å². The third kappa shape index (κ3) is 6.09. The molecule has 278 valence electrons. The summed E-state index contributed by atoms with van der Waals surface area (Å²) < 4.78 is 43.2. The molecule has 0 amide bonds. The lowest BCUT2D eigenvalue weighted by atomic mass is 9.51. The van der Waals surface area contributed by atoms with Crippen LogP contribution in [-0.4, -0.2) is 89.3 Å². The van der Waals surface area contributed by atoms with Gasteiger partial charge in [0.15, 0.2) is 5.60 Å². The van der Waals surface area contributed by atoms with E-state index in [0.717, 1.165) is 0 Å². The van der Waals surface area contributed by atoms with Crippen LogP contribution in [0.4, 0.5) is 0 Å². The molecule has 10 atom stereocenters. The molecule has 0 radical (unpaired) electrons. The average Bonchev–Trinajstić information content (AvgIpc) is 3.52. The molecule has 0 aromatic heterocycles. The molecule has 1 aromatic rings. The van der Waals surface area contributed by atoms with Gasteiger partial charge in [-0.15, -0.1) is 0 Å². The highest BCUT2D eigenvalue weighted by atomic mass is 16.6. The number of benzene rings is 1. The minimum atomic E-state index is -1.82. The molecule has 1 aromatic carbocycles. The predicted octanol–water partition coefficient (Wildman–Crippen LogP) is 3.36. The highest BCUT2D eigenvalue weighted by molar-refractivity contribution is 5.89. The van der Waals surface area contributed by atoms with Gasteiger partial charge in [0.2, 0.25) is 0 Å². The van der Waals surface area contributed by atoms with Crippen LogP contribution in [0.3, 0.4) is 0 Å². The Hall–Kier alpha value is -4.30. The number of hydrogen-bond acceptors (Lipinski definition) is 14. The highest BCUT2D eigenvalue weighted by Gasteiger charge is 2.82. The number of hydrogen-bond donors (Lipinski definition) is 1. The zero-order chi connectivity index (χ0) is 37.8. The number of rotatable bonds is 8. The molecule has 4 aliphatic rings. The van der Waals surface area contributed by atoms with Crippen LogP contribution in [0, 0.1) is 22.7 Å². The molecular weight excluding hydrogens is 668 g/mol. The van der Waals surface area contributed by atoms with Crippen molar-refractivity contribution >= 4 is 35.8 Å². The Balaban J connectivity index is 1.90. The molecule has 3 fully saturated rings. The van der Waals surface area contributed by atoms with E-state index in [2.05, 4.69) is 0 Å². The lowest BCUT2D eigenvalue weighted by Gasteiger charge is -2.57. The van der Waals surface area contributed by atoms with E-state index in [1.807, 2.05) is 0 Å². The SMILES string of the molecule is CC(=O)OC1=C(C)C2C(OC(C)=O)C(OC(C)=O)C3(C)C(OC(C)=O)CC(O)C4(OC(C)=O)COC(C43)C2(C(C)(C)OC(=O)c2ccccc2)C1. The molecule has 14 heteroatoms. The highest BCUT2D eigenvalue weighted by Crippen LogP contribution is 2.71. The van der Waals surface area contributed by atoms with E-state index in [1.54, 1.807) is 58.0 Å². The van der Waals surface area contributed by atoms with Crippen molar-refractivity contribution in [1.29, 1.82) is 0 Å². The largest absolute Gasteiger partial charge is 0.462 e. The Bertz CT molecular complexity index is 1650. The second-order valence-electron chi connectivity index (χ2n) is 14.7. The molecule has 5 rings (SSSR count). The van der Waals surface area contributed by atoms with Gasteiger partial charge in [0.05, 0.1) is 29.1 Å². The Kier molecular flexibility index (Phi) is 9.93. The zero-order valence-electron chi connectivity index (χ0n) is 30.3. The number of carbonyl (C=O) groups excluding carboxylic acids is 6. The van der Waals surface area contributed by atoms with Crippen molar-refractivity contribution < 1.29 is 67.0 Å².